The minimum atomic E-state index is -3.54. The van der Waals surface area contributed by atoms with Crippen molar-refractivity contribution in [2.75, 3.05) is 17.1 Å². The number of anilines is 1. The van der Waals surface area contributed by atoms with Gasteiger partial charge in [-0.05, 0) is 62.4 Å². The first-order chi connectivity index (χ1) is 18.1. The van der Waals surface area contributed by atoms with Crippen LogP contribution in [0, 0.1) is 12.7 Å². The van der Waals surface area contributed by atoms with E-state index in [4.69, 9.17) is 0 Å². The number of rotatable bonds is 12. The molecule has 38 heavy (non-hydrogen) atoms. The second-order valence-electron chi connectivity index (χ2n) is 10.2. The van der Waals surface area contributed by atoms with E-state index in [2.05, 4.69) is 5.32 Å². The maximum Gasteiger partial charge on any atom is 0.243 e. The third-order valence-corrected chi connectivity index (χ3v) is 8.27. The van der Waals surface area contributed by atoms with Crippen LogP contribution in [0.25, 0.3) is 0 Å². The van der Waals surface area contributed by atoms with Gasteiger partial charge in [0.25, 0.3) is 0 Å². The Kier molecular flexibility index (Phi) is 10.7. The van der Waals surface area contributed by atoms with Crippen LogP contribution >= 0.6 is 0 Å². The normalized spacial score (nSPS) is 15.1. The molecule has 1 fully saturated rings. The smallest absolute Gasteiger partial charge is 0.243 e. The van der Waals surface area contributed by atoms with E-state index in [1.807, 2.05) is 26.0 Å². The van der Waals surface area contributed by atoms with Crippen molar-refractivity contribution < 1.29 is 22.4 Å². The topological polar surface area (TPSA) is 86.8 Å². The summed E-state index contributed by atoms with van der Waals surface area (Å²) in [7, 11) is -3.54. The SMILES string of the molecule is CCC(C(=O)NC1CCCCC1)N(Cc1ccc(F)cc1)C(=O)CCCN(c1ccc(C)cc1)S(C)(=O)=O. The van der Waals surface area contributed by atoms with Gasteiger partial charge in [-0.1, -0.05) is 56.0 Å². The third kappa shape index (κ3) is 8.55. The molecule has 0 heterocycles. The number of amides is 2. The van der Waals surface area contributed by atoms with E-state index in [0.29, 0.717) is 18.5 Å². The zero-order valence-electron chi connectivity index (χ0n) is 22.7. The van der Waals surface area contributed by atoms with E-state index >= 15 is 0 Å². The van der Waals surface area contributed by atoms with Gasteiger partial charge in [0, 0.05) is 25.6 Å². The van der Waals surface area contributed by atoms with Crippen LogP contribution in [0.2, 0.25) is 0 Å². The number of halogens is 1. The van der Waals surface area contributed by atoms with Gasteiger partial charge in [-0.3, -0.25) is 13.9 Å². The molecule has 1 aliphatic carbocycles. The van der Waals surface area contributed by atoms with E-state index < -0.39 is 16.1 Å². The molecule has 1 saturated carbocycles. The highest BCUT2D eigenvalue weighted by Crippen LogP contribution is 2.21. The highest BCUT2D eigenvalue weighted by atomic mass is 32.2. The highest BCUT2D eigenvalue weighted by molar-refractivity contribution is 7.92. The molecule has 208 valence electrons. The van der Waals surface area contributed by atoms with Gasteiger partial charge >= 0.3 is 0 Å². The molecule has 0 saturated heterocycles. The Morgan fingerprint density at radius 3 is 2.24 bits per heavy atom. The largest absolute Gasteiger partial charge is 0.352 e. The van der Waals surface area contributed by atoms with Crippen molar-refractivity contribution >= 4 is 27.5 Å². The molecule has 2 aromatic rings. The van der Waals surface area contributed by atoms with Crippen LogP contribution in [0.15, 0.2) is 48.5 Å². The lowest BCUT2D eigenvalue weighted by molar-refractivity contribution is -0.141. The molecule has 3 rings (SSSR count). The van der Waals surface area contributed by atoms with Gasteiger partial charge in [0.05, 0.1) is 11.9 Å². The number of hydrogen-bond acceptors (Lipinski definition) is 4. The standard InChI is InChI=1S/C29H40FN3O4S/c1-4-27(29(35)31-25-9-6-5-7-10-25)32(21-23-14-16-24(30)17-15-23)28(34)11-8-20-33(38(3,36)37)26-18-12-22(2)13-19-26/h12-19,25,27H,4-11,20-21H2,1-3H3,(H,31,35). The number of sulfonamides is 1. The fourth-order valence-corrected chi connectivity index (χ4v) is 5.93. The third-order valence-electron chi connectivity index (χ3n) is 7.08. The van der Waals surface area contributed by atoms with Gasteiger partial charge in [-0.25, -0.2) is 12.8 Å². The van der Waals surface area contributed by atoms with Crippen molar-refractivity contribution in [3.8, 4) is 0 Å². The average Bonchev–Trinajstić information content (AvgIpc) is 2.88. The molecule has 0 bridgehead atoms. The second-order valence-corrected chi connectivity index (χ2v) is 12.1. The van der Waals surface area contributed by atoms with Crippen molar-refractivity contribution in [2.45, 2.75) is 83.8 Å². The van der Waals surface area contributed by atoms with Gasteiger partial charge in [-0.15, -0.1) is 0 Å². The van der Waals surface area contributed by atoms with E-state index in [-0.39, 0.29) is 43.2 Å². The Hall–Kier alpha value is -2.94. The molecule has 0 radical (unpaired) electrons. The molecule has 1 aliphatic rings. The van der Waals surface area contributed by atoms with Crippen LogP contribution in [0.4, 0.5) is 10.1 Å². The van der Waals surface area contributed by atoms with Gasteiger partial charge < -0.3 is 10.2 Å². The van der Waals surface area contributed by atoms with E-state index in [1.54, 1.807) is 29.2 Å². The maximum atomic E-state index is 13.5. The Bertz CT molecular complexity index is 1160. The lowest BCUT2D eigenvalue weighted by Crippen LogP contribution is -2.51. The number of carbonyl (C=O) groups is 2. The summed E-state index contributed by atoms with van der Waals surface area (Å²) >= 11 is 0. The van der Waals surface area contributed by atoms with Crippen LogP contribution in [-0.2, 0) is 26.2 Å². The van der Waals surface area contributed by atoms with Gasteiger partial charge in [0.1, 0.15) is 11.9 Å². The lowest BCUT2D eigenvalue weighted by Gasteiger charge is -2.33. The van der Waals surface area contributed by atoms with Gasteiger partial charge in [0.2, 0.25) is 21.8 Å². The van der Waals surface area contributed by atoms with Gasteiger partial charge in [0.15, 0.2) is 0 Å². The first-order valence-corrected chi connectivity index (χ1v) is 15.3. The fourth-order valence-electron chi connectivity index (χ4n) is 4.97. The number of nitrogens with one attached hydrogen (secondary N) is 1. The van der Waals surface area contributed by atoms with Crippen LogP contribution in [0.5, 0.6) is 0 Å². The quantitative estimate of drug-likeness (QED) is 0.410. The molecule has 0 aromatic heterocycles. The first kappa shape index (κ1) is 29.6. The number of carbonyl (C=O) groups excluding carboxylic acids is 2. The minimum absolute atomic E-state index is 0.0757. The monoisotopic (exact) mass is 545 g/mol. The summed E-state index contributed by atoms with van der Waals surface area (Å²) in [5.74, 6) is -0.782. The fraction of sp³-hybridized carbons (Fsp3) is 0.517. The van der Waals surface area contributed by atoms with Crippen LogP contribution in [0.1, 0.15) is 69.4 Å². The molecule has 7 nitrogen and oxygen atoms in total. The molecule has 0 aliphatic heterocycles. The summed E-state index contributed by atoms with van der Waals surface area (Å²) in [4.78, 5) is 28.4. The molecule has 1 atom stereocenters. The second kappa shape index (κ2) is 13.7. The summed E-state index contributed by atoms with van der Waals surface area (Å²) in [5, 5.41) is 3.14. The van der Waals surface area contributed by atoms with Crippen LogP contribution in [-0.4, -0.2) is 50.0 Å². The summed E-state index contributed by atoms with van der Waals surface area (Å²) in [6.07, 6.45) is 7.17. The molecular formula is C29H40FN3O4S. The summed E-state index contributed by atoms with van der Waals surface area (Å²) < 4.78 is 39.8. The zero-order chi connectivity index (χ0) is 27.7. The molecule has 2 aromatic carbocycles. The molecule has 0 spiro atoms. The highest BCUT2D eigenvalue weighted by Gasteiger charge is 2.30. The Morgan fingerprint density at radius 1 is 1.03 bits per heavy atom. The van der Waals surface area contributed by atoms with Crippen molar-refractivity contribution in [3.05, 3.63) is 65.5 Å². The number of benzene rings is 2. The predicted molar refractivity (Wildman–Crippen MR) is 149 cm³/mol. The summed E-state index contributed by atoms with van der Waals surface area (Å²) in [5.41, 5.74) is 2.29. The Morgan fingerprint density at radius 2 is 1.66 bits per heavy atom. The average molecular weight is 546 g/mol. The van der Waals surface area contributed by atoms with Crippen molar-refractivity contribution in [1.29, 1.82) is 0 Å². The van der Waals surface area contributed by atoms with Crippen molar-refractivity contribution in [3.63, 3.8) is 0 Å². The van der Waals surface area contributed by atoms with Crippen LogP contribution in [0.3, 0.4) is 0 Å². The Balaban J connectivity index is 1.74. The first-order valence-electron chi connectivity index (χ1n) is 13.5. The summed E-state index contributed by atoms with van der Waals surface area (Å²) in [6.45, 7) is 4.11. The van der Waals surface area contributed by atoms with Crippen LogP contribution < -0.4 is 9.62 Å². The molecule has 1 N–H and O–H groups in total. The van der Waals surface area contributed by atoms with Crippen molar-refractivity contribution in [1.82, 2.24) is 10.2 Å². The number of aryl methyl sites for hydroxylation is 1. The summed E-state index contributed by atoms with van der Waals surface area (Å²) in [6, 6.07) is 12.6. The molecule has 9 heteroatoms. The van der Waals surface area contributed by atoms with Gasteiger partial charge in [-0.2, -0.15) is 0 Å². The number of hydrogen-bond donors (Lipinski definition) is 1. The van der Waals surface area contributed by atoms with E-state index in [0.717, 1.165) is 43.1 Å². The Labute approximate surface area is 226 Å². The zero-order valence-corrected chi connectivity index (χ0v) is 23.5. The molecular weight excluding hydrogens is 505 g/mol. The minimum Gasteiger partial charge on any atom is -0.352 e. The van der Waals surface area contributed by atoms with E-state index in [9.17, 15) is 22.4 Å². The molecule has 2 amide bonds. The van der Waals surface area contributed by atoms with E-state index in [1.165, 1.54) is 22.9 Å². The predicted octanol–water partition coefficient (Wildman–Crippen LogP) is 4.94. The number of nitrogens with zero attached hydrogens (tertiary/aromatic N) is 2. The molecule has 1 unspecified atom stereocenters. The van der Waals surface area contributed by atoms with Crippen molar-refractivity contribution in [2.24, 2.45) is 0 Å². The lowest BCUT2D eigenvalue weighted by atomic mass is 9.95. The maximum absolute atomic E-state index is 13.5.